The molecule has 0 radical (unpaired) electrons. The maximum absolute atomic E-state index is 10.7. The van der Waals surface area contributed by atoms with Gasteiger partial charge in [-0.25, -0.2) is 4.79 Å². The first kappa shape index (κ1) is 14.2. The number of nitro benzene ring substituents is 1. The number of carboxylic acids is 1. The molecule has 0 aliphatic heterocycles. The lowest BCUT2D eigenvalue weighted by Crippen LogP contribution is -2.41. The Morgan fingerprint density at radius 3 is 2.72 bits per heavy atom. The molecule has 0 aliphatic rings. The number of hydrogen-bond donors (Lipinski definition) is 2. The summed E-state index contributed by atoms with van der Waals surface area (Å²) in [5, 5.41) is 28.9. The van der Waals surface area contributed by atoms with Gasteiger partial charge >= 0.3 is 11.7 Å². The van der Waals surface area contributed by atoms with Crippen LogP contribution in [0.15, 0.2) is 18.2 Å². The van der Waals surface area contributed by atoms with E-state index in [1.807, 2.05) is 0 Å². The molecule has 1 aromatic carbocycles. The van der Waals surface area contributed by atoms with Crippen molar-refractivity contribution in [3.63, 3.8) is 0 Å². The van der Waals surface area contributed by atoms with Crippen molar-refractivity contribution in [3.05, 3.63) is 33.3 Å². The van der Waals surface area contributed by atoms with Gasteiger partial charge in [0.2, 0.25) is 0 Å². The lowest BCUT2D eigenvalue weighted by atomic mass is 10.1. The van der Waals surface area contributed by atoms with E-state index in [4.69, 9.17) is 21.4 Å². The number of aliphatic carboxylic acids is 1. The summed E-state index contributed by atoms with van der Waals surface area (Å²) in [6, 6.07) is 3.67. The largest absolute Gasteiger partial charge is 0.483 e. The molecule has 1 aromatic rings. The predicted molar refractivity (Wildman–Crippen MR) is 61.9 cm³/mol. The third-order valence-electron chi connectivity index (χ3n) is 2.09. The van der Waals surface area contributed by atoms with Gasteiger partial charge in [0.05, 0.1) is 4.92 Å². The average Bonchev–Trinajstić information content (AvgIpc) is 2.27. The van der Waals surface area contributed by atoms with Crippen LogP contribution in [0.3, 0.4) is 0 Å². The Kier molecular flexibility index (Phi) is 4.10. The molecule has 0 spiro atoms. The summed E-state index contributed by atoms with van der Waals surface area (Å²) < 4.78 is 4.95. The van der Waals surface area contributed by atoms with E-state index in [0.29, 0.717) is 0 Å². The van der Waals surface area contributed by atoms with Crippen LogP contribution in [0.5, 0.6) is 5.75 Å². The molecule has 0 aromatic heterocycles. The molecule has 18 heavy (non-hydrogen) atoms. The summed E-state index contributed by atoms with van der Waals surface area (Å²) in [7, 11) is 0. The molecule has 0 amide bonds. The number of hydrogen-bond acceptors (Lipinski definition) is 5. The first-order valence-electron chi connectivity index (χ1n) is 4.76. The van der Waals surface area contributed by atoms with Crippen LogP contribution in [-0.2, 0) is 4.79 Å². The van der Waals surface area contributed by atoms with Gasteiger partial charge in [-0.3, -0.25) is 10.1 Å². The molecule has 0 aliphatic carbocycles. The fourth-order valence-electron chi connectivity index (χ4n) is 1.04. The van der Waals surface area contributed by atoms with Crippen LogP contribution in [-0.4, -0.2) is 33.3 Å². The van der Waals surface area contributed by atoms with Crippen molar-refractivity contribution in [2.24, 2.45) is 0 Å². The van der Waals surface area contributed by atoms with E-state index in [1.54, 1.807) is 0 Å². The van der Waals surface area contributed by atoms with E-state index < -0.39 is 28.8 Å². The molecule has 98 valence electrons. The zero-order valence-electron chi connectivity index (χ0n) is 9.29. The van der Waals surface area contributed by atoms with Crippen LogP contribution in [0.2, 0.25) is 5.02 Å². The molecule has 7 nitrogen and oxygen atoms in total. The molecule has 1 rings (SSSR count). The van der Waals surface area contributed by atoms with E-state index in [2.05, 4.69) is 0 Å². The standard InChI is InChI=1S/C10H10ClNO6/c1-10(15,9(13)14)5-18-8-3-2-6(11)4-7(8)12(16)17/h2-4,15H,5H2,1H3,(H,13,14). The second-order valence-corrected chi connectivity index (χ2v) is 4.17. The number of nitro groups is 1. The molecular formula is C10H10ClNO6. The Morgan fingerprint density at radius 2 is 2.22 bits per heavy atom. The van der Waals surface area contributed by atoms with E-state index >= 15 is 0 Å². The highest BCUT2D eigenvalue weighted by Crippen LogP contribution is 2.30. The molecule has 0 saturated carbocycles. The first-order chi connectivity index (χ1) is 8.24. The molecule has 8 heteroatoms. The monoisotopic (exact) mass is 275 g/mol. The minimum atomic E-state index is -2.13. The van der Waals surface area contributed by atoms with E-state index in [0.717, 1.165) is 13.0 Å². The predicted octanol–water partition coefficient (Wildman–Crippen LogP) is 1.46. The molecule has 0 fully saturated rings. The van der Waals surface area contributed by atoms with Gasteiger partial charge in [0.1, 0.15) is 6.61 Å². The second-order valence-electron chi connectivity index (χ2n) is 3.74. The number of aliphatic hydroxyl groups is 1. The normalized spacial score (nSPS) is 13.7. The van der Waals surface area contributed by atoms with Gasteiger partial charge in [-0.2, -0.15) is 0 Å². The summed E-state index contributed by atoms with van der Waals surface area (Å²) in [6.07, 6.45) is 0. The Labute approximate surface area is 107 Å². The smallest absolute Gasteiger partial charge is 0.339 e. The summed E-state index contributed by atoms with van der Waals surface area (Å²) in [4.78, 5) is 20.6. The minimum absolute atomic E-state index is 0.152. The van der Waals surface area contributed by atoms with Gasteiger partial charge < -0.3 is 14.9 Å². The Hall–Kier alpha value is -1.86. The topological polar surface area (TPSA) is 110 Å². The SMILES string of the molecule is CC(O)(COc1ccc(Cl)cc1[N+](=O)[O-])C(=O)O. The molecule has 1 atom stereocenters. The highest BCUT2D eigenvalue weighted by Gasteiger charge is 2.32. The van der Waals surface area contributed by atoms with Crippen molar-refractivity contribution in [2.45, 2.75) is 12.5 Å². The van der Waals surface area contributed by atoms with Gasteiger partial charge in [-0.15, -0.1) is 0 Å². The maximum atomic E-state index is 10.7. The van der Waals surface area contributed by atoms with E-state index in [9.17, 15) is 20.0 Å². The zero-order chi connectivity index (χ0) is 13.9. The van der Waals surface area contributed by atoms with Gasteiger partial charge in [0, 0.05) is 11.1 Å². The third-order valence-corrected chi connectivity index (χ3v) is 2.32. The molecule has 0 heterocycles. The summed E-state index contributed by atoms with van der Waals surface area (Å²) in [5.41, 5.74) is -2.53. The second kappa shape index (κ2) is 5.19. The van der Waals surface area contributed by atoms with Gasteiger partial charge in [-0.05, 0) is 19.1 Å². The van der Waals surface area contributed by atoms with Crippen LogP contribution in [0.1, 0.15) is 6.92 Å². The van der Waals surface area contributed by atoms with Crippen molar-refractivity contribution < 1.29 is 24.7 Å². The molecule has 0 saturated heterocycles. The van der Waals surface area contributed by atoms with Gasteiger partial charge in [0.25, 0.3) is 0 Å². The van der Waals surface area contributed by atoms with Crippen molar-refractivity contribution in [1.29, 1.82) is 0 Å². The van der Waals surface area contributed by atoms with E-state index in [-0.39, 0.29) is 10.8 Å². The third kappa shape index (κ3) is 3.31. The van der Waals surface area contributed by atoms with Crippen molar-refractivity contribution in [2.75, 3.05) is 6.61 Å². The van der Waals surface area contributed by atoms with E-state index in [1.165, 1.54) is 12.1 Å². The number of rotatable bonds is 5. The van der Waals surface area contributed by atoms with Crippen LogP contribution >= 0.6 is 11.6 Å². The van der Waals surface area contributed by atoms with Crippen molar-refractivity contribution >= 4 is 23.3 Å². The fraction of sp³-hybridized carbons (Fsp3) is 0.300. The molecular weight excluding hydrogens is 266 g/mol. The van der Waals surface area contributed by atoms with Crippen LogP contribution in [0.25, 0.3) is 0 Å². The quantitative estimate of drug-likeness (QED) is 0.622. The van der Waals surface area contributed by atoms with Crippen LogP contribution < -0.4 is 4.74 Å². The lowest BCUT2D eigenvalue weighted by molar-refractivity contribution is -0.386. The van der Waals surface area contributed by atoms with Gasteiger partial charge in [0.15, 0.2) is 11.4 Å². The summed E-state index contributed by atoms with van der Waals surface area (Å²) >= 11 is 5.60. The number of benzene rings is 1. The molecule has 2 N–H and O–H groups in total. The lowest BCUT2D eigenvalue weighted by Gasteiger charge is -2.18. The Balaban J connectivity index is 2.92. The molecule has 1 unspecified atom stereocenters. The Morgan fingerprint density at radius 1 is 1.61 bits per heavy atom. The number of nitrogens with zero attached hydrogens (tertiary/aromatic N) is 1. The zero-order valence-corrected chi connectivity index (χ0v) is 10.0. The average molecular weight is 276 g/mol. The Bertz CT molecular complexity index is 487. The van der Waals surface area contributed by atoms with Crippen LogP contribution in [0.4, 0.5) is 5.69 Å². The highest BCUT2D eigenvalue weighted by molar-refractivity contribution is 6.30. The maximum Gasteiger partial charge on any atom is 0.339 e. The van der Waals surface area contributed by atoms with Gasteiger partial charge in [-0.1, -0.05) is 11.6 Å². The van der Waals surface area contributed by atoms with Crippen LogP contribution in [0, 0.1) is 10.1 Å². The van der Waals surface area contributed by atoms with Crippen molar-refractivity contribution in [1.82, 2.24) is 0 Å². The first-order valence-corrected chi connectivity index (χ1v) is 5.14. The fourth-order valence-corrected chi connectivity index (χ4v) is 1.20. The highest BCUT2D eigenvalue weighted by atomic mass is 35.5. The number of halogens is 1. The number of ether oxygens (including phenoxy) is 1. The van der Waals surface area contributed by atoms with Crippen molar-refractivity contribution in [3.8, 4) is 5.75 Å². The molecule has 0 bridgehead atoms. The summed E-state index contributed by atoms with van der Waals surface area (Å²) in [6.45, 7) is 0.405. The number of carbonyl (C=O) groups is 1. The number of carboxylic acid groups (broad SMARTS) is 1. The minimum Gasteiger partial charge on any atom is -0.483 e. The summed E-state index contributed by atoms with van der Waals surface area (Å²) in [5.74, 6) is -1.65.